The van der Waals surface area contributed by atoms with E-state index in [4.69, 9.17) is 0 Å². The number of aryl methyl sites for hydroxylation is 2. The van der Waals surface area contributed by atoms with Crippen molar-refractivity contribution < 1.29 is 0 Å². The standard InChI is InChI=1S/C14H23N5O2/c1-6-8-19-10-11(16-13(19)15-9(3)7-2)17(4)14(21)18(5)12(10)20/h9H,6-8H2,1-5H3,(H,15,16)/t9-/m0/s1. The molecule has 0 saturated heterocycles. The van der Waals surface area contributed by atoms with Gasteiger partial charge in [-0.05, 0) is 19.8 Å². The van der Waals surface area contributed by atoms with Crippen molar-refractivity contribution in [2.24, 2.45) is 14.1 Å². The summed E-state index contributed by atoms with van der Waals surface area (Å²) in [4.78, 5) is 28.9. The third-order valence-corrected chi connectivity index (χ3v) is 3.78. The summed E-state index contributed by atoms with van der Waals surface area (Å²) >= 11 is 0. The van der Waals surface area contributed by atoms with E-state index in [0.717, 1.165) is 17.4 Å². The topological polar surface area (TPSA) is 73.8 Å². The highest BCUT2D eigenvalue weighted by molar-refractivity contribution is 5.74. The molecule has 7 nitrogen and oxygen atoms in total. The second-order valence-electron chi connectivity index (χ2n) is 5.42. The Morgan fingerprint density at radius 3 is 2.43 bits per heavy atom. The Labute approximate surface area is 123 Å². The summed E-state index contributed by atoms with van der Waals surface area (Å²) in [6, 6.07) is 0.248. The second-order valence-corrected chi connectivity index (χ2v) is 5.42. The first kappa shape index (κ1) is 15.3. The average molecular weight is 293 g/mol. The van der Waals surface area contributed by atoms with Gasteiger partial charge in [-0.2, -0.15) is 4.98 Å². The molecule has 1 N–H and O–H groups in total. The molecular formula is C14H23N5O2. The number of hydrogen-bond donors (Lipinski definition) is 1. The monoisotopic (exact) mass is 293 g/mol. The number of imidazole rings is 1. The van der Waals surface area contributed by atoms with Crippen LogP contribution in [0.15, 0.2) is 9.59 Å². The second kappa shape index (κ2) is 5.75. The smallest absolute Gasteiger partial charge is 0.332 e. The average Bonchev–Trinajstić information content (AvgIpc) is 2.82. The van der Waals surface area contributed by atoms with Crippen LogP contribution < -0.4 is 16.6 Å². The minimum atomic E-state index is -0.358. The Kier molecular flexibility index (Phi) is 4.20. The van der Waals surface area contributed by atoms with Gasteiger partial charge in [-0.1, -0.05) is 13.8 Å². The van der Waals surface area contributed by atoms with Gasteiger partial charge in [-0.15, -0.1) is 0 Å². The van der Waals surface area contributed by atoms with Crippen LogP contribution in [-0.2, 0) is 20.6 Å². The number of nitrogens with zero attached hydrogens (tertiary/aromatic N) is 4. The molecule has 2 aromatic rings. The van der Waals surface area contributed by atoms with Crippen molar-refractivity contribution in [3.63, 3.8) is 0 Å². The number of hydrogen-bond acceptors (Lipinski definition) is 4. The van der Waals surface area contributed by atoms with Crippen molar-refractivity contribution in [1.29, 1.82) is 0 Å². The molecule has 0 aliphatic carbocycles. The number of rotatable bonds is 5. The molecule has 0 spiro atoms. The van der Waals surface area contributed by atoms with Gasteiger partial charge in [0.05, 0.1) is 0 Å². The largest absolute Gasteiger partial charge is 0.353 e. The van der Waals surface area contributed by atoms with E-state index in [1.807, 2.05) is 11.5 Å². The van der Waals surface area contributed by atoms with E-state index in [9.17, 15) is 9.59 Å². The first-order valence-electron chi connectivity index (χ1n) is 7.35. The van der Waals surface area contributed by atoms with Crippen molar-refractivity contribution in [2.75, 3.05) is 5.32 Å². The van der Waals surface area contributed by atoms with Crippen LogP contribution in [0.5, 0.6) is 0 Å². The minimum Gasteiger partial charge on any atom is -0.353 e. The van der Waals surface area contributed by atoms with Crippen molar-refractivity contribution >= 4 is 17.1 Å². The summed E-state index contributed by atoms with van der Waals surface area (Å²) in [6.45, 7) is 6.88. The predicted molar refractivity (Wildman–Crippen MR) is 83.9 cm³/mol. The molecule has 21 heavy (non-hydrogen) atoms. The fourth-order valence-corrected chi connectivity index (χ4v) is 2.32. The molecule has 0 amide bonds. The number of anilines is 1. The fraction of sp³-hybridized carbons (Fsp3) is 0.643. The zero-order valence-corrected chi connectivity index (χ0v) is 13.3. The van der Waals surface area contributed by atoms with Gasteiger partial charge >= 0.3 is 5.69 Å². The van der Waals surface area contributed by atoms with E-state index in [1.165, 1.54) is 11.6 Å². The zero-order valence-electron chi connectivity index (χ0n) is 13.3. The molecule has 0 aliphatic heterocycles. The Bertz CT molecular complexity index is 768. The van der Waals surface area contributed by atoms with Crippen LogP contribution in [0.4, 0.5) is 5.95 Å². The Morgan fingerprint density at radius 1 is 1.19 bits per heavy atom. The molecule has 2 rings (SSSR count). The Morgan fingerprint density at radius 2 is 1.86 bits per heavy atom. The molecule has 0 bridgehead atoms. The lowest BCUT2D eigenvalue weighted by Gasteiger charge is -2.14. The third-order valence-electron chi connectivity index (χ3n) is 3.78. The van der Waals surface area contributed by atoms with E-state index >= 15 is 0 Å². The molecule has 0 aliphatic rings. The molecule has 0 saturated carbocycles. The summed E-state index contributed by atoms with van der Waals surface area (Å²) in [6.07, 6.45) is 1.83. The summed E-state index contributed by atoms with van der Waals surface area (Å²) in [5.74, 6) is 0.652. The normalized spacial score (nSPS) is 12.8. The van der Waals surface area contributed by atoms with Crippen LogP contribution in [0.3, 0.4) is 0 Å². The van der Waals surface area contributed by atoms with Crippen LogP contribution >= 0.6 is 0 Å². The molecule has 1 atom stereocenters. The van der Waals surface area contributed by atoms with Gasteiger partial charge in [0.15, 0.2) is 11.2 Å². The Balaban J connectivity index is 2.80. The van der Waals surface area contributed by atoms with Crippen molar-refractivity contribution in [2.45, 2.75) is 46.2 Å². The first-order valence-corrected chi connectivity index (χ1v) is 7.35. The lowest BCUT2D eigenvalue weighted by molar-refractivity contribution is 0.667. The van der Waals surface area contributed by atoms with Gasteiger partial charge in [0.25, 0.3) is 5.56 Å². The molecule has 2 aromatic heterocycles. The van der Waals surface area contributed by atoms with E-state index < -0.39 is 0 Å². The summed E-state index contributed by atoms with van der Waals surface area (Å²) < 4.78 is 4.43. The van der Waals surface area contributed by atoms with Gasteiger partial charge in [0, 0.05) is 26.7 Å². The maximum atomic E-state index is 12.4. The van der Waals surface area contributed by atoms with Crippen molar-refractivity contribution in [3.8, 4) is 0 Å². The highest BCUT2D eigenvalue weighted by atomic mass is 16.2. The highest BCUT2D eigenvalue weighted by Gasteiger charge is 2.19. The van der Waals surface area contributed by atoms with Crippen LogP contribution in [0.1, 0.15) is 33.6 Å². The van der Waals surface area contributed by atoms with Gasteiger partial charge in [0.1, 0.15) is 0 Å². The maximum absolute atomic E-state index is 12.4. The molecule has 0 radical (unpaired) electrons. The van der Waals surface area contributed by atoms with Crippen LogP contribution in [0, 0.1) is 0 Å². The molecule has 116 valence electrons. The molecular weight excluding hydrogens is 270 g/mol. The molecule has 0 fully saturated rings. The number of nitrogens with one attached hydrogen (secondary N) is 1. The number of fused-ring (bicyclic) bond motifs is 1. The van der Waals surface area contributed by atoms with Gasteiger partial charge in [-0.25, -0.2) is 4.79 Å². The van der Waals surface area contributed by atoms with Crippen molar-refractivity contribution in [1.82, 2.24) is 18.7 Å². The summed E-state index contributed by atoms with van der Waals surface area (Å²) in [5, 5.41) is 3.32. The SMILES string of the molecule is CCCn1c(N[C@@H](C)CC)nc2c1c(=O)n(C)c(=O)n2C. The number of aromatic nitrogens is 4. The third kappa shape index (κ3) is 2.48. The molecule has 7 heteroatoms. The van der Waals surface area contributed by atoms with Crippen molar-refractivity contribution in [3.05, 3.63) is 20.8 Å². The van der Waals surface area contributed by atoms with E-state index in [-0.39, 0.29) is 17.3 Å². The van der Waals surface area contributed by atoms with E-state index in [2.05, 4.69) is 24.1 Å². The minimum absolute atomic E-state index is 0.248. The van der Waals surface area contributed by atoms with E-state index in [1.54, 1.807) is 7.05 Å². The summed E-state index contributed by atoms with van der Waals surface area (Å²) in [7, 11) is 3.13. The van der Waals surface area contributed by atoms with Crippen LogP contribution in [-0.4, -0.2) is 24.7 Å². The maximum Gasteiger partial charge on any atom is 0.332 e. The zero-order chi connectivity index (χ0) is 15.7. The fourth-order valence-electron chi connectivity index (χ4n) is 2.32. The predicted octanol–water partition coefficient (Wildman–Crippen LogP) is 1.05. The van der Waals surface area contributed by atoms with Crippen LogP contribution in [0.25, 0.3) is 11.2 Å². The Hall–Kier alpha value is -2.05. The van der Waals surface area contributed by atoms with Gasteiger partial charge in [-0.3, -0.25) is 13.9 Å². The lowest BCUT2D eigenvalue weighted by atomic mass is 10.3. The molecule has 0 aromatic carbocycles. The van der Waals surface area contributed by atoms with Crippen LogP contribution in [0.2, 0.25) is 0 Å². The molecule has 2 heterocycles. The highest BCUT2D eigenvalue weighted by Crippen LogP contribution is 2.17. The van der Waals surface area contributed by atoms with E-state index in [0.29, 0.717) is 23.7 Å². The first-order chi connectivity index (χ1) is 9.92. The summed E-state index contributed by atoms with van der Waals surface area (Å²) in [5.41, 5.74) is 0.254. The van der Waals surface area contributed by atoms with Gasteiger partial charge in [0.2, 0.25) is 5.95 Å². The lowest BCUT2D eigenvalue weighted by Crippen LogP contribution is -2.37. The quantitative estimate of drug-likeness (QED) is 0.894. The van der Waals surface area contributed by atoms with Gasteiger partial charge < -0.3 is 9.88 Å². The molecule has 0 unspecified atom stereocenters.